The van der Waals surface area contributed by atoms with Crippen molar-refractivity contribution in [3.8, 4) is 16.9 Å². The number of ether oxygens (including phenoxy) is 1. The van der Waals surface area contributed by atoms with Crippen molar-refractivity contribution in [1.82, 2.24) is 0 Å². The molecule has 0 saturated heterocycles. The summed E-state index contributed by atoms with van der Waals surface area (Å²) >= 11 is 0. The summed E-state index contributed by atoms with van der Waals surface area (Å²) in [6, 6.07) is 12.7. The smallest absolute Gasteiger partial charge is 0.405 e. The van der Waals surface area contributed by atoms with Crippen LogP contribution in [-0.2, 0) is 0 Å². The molecule has 7 heteroatoms. The maximum absolute atomic E-state index is 12.3. The number of anilines is 1. The minimum absolute atomic E-state index is 0. The highest BCUT2D eigenvalue weighted by molar-refractivity contribution is 5.85. The van der Waals surface area contributed by atoms with Crippen LogP contribution in [0.1, 0.15) is 0 Å². The molecule has 0 spiro atoms. The molecule has 3 N–H and O–H groups in total. The molecule has 0 radical (unpaired) electrons. The van der Waals surface area contributed by atoms with Crippen LogP contribution in [0.5, 0.6) is 5.75 Å². The molecule has 0 unspecified atom stereocenters. The molecule has 2 aromatic rings. The number of hydrazine groups is 1. The van der Waals surface area contributed by atoms with Crippen LogP contribution in [0, 0.1) is 0 Å². The fraction of sp³-hybridized carbons (Fsp3) is 0.0769. The minimum atomic E-state index is -4.72. The minimum Gasteiger partial charge on any atom is -0.405 e. The fourth-order valence-corrected chi connectivity index (χ4v) is 1.70. The lowest BCUT2D eigenvalue weighted by atomic mass is 10.0. The number of nitrogen functional groups attached to an aromatic ring is 1. The quantitative estimate of drug-likeness (QED) is 0.666. The SMILES string of the molecule is Cl.NNc1cccc(-c2ccccc2OC(F)(F)F)c1. The summed E-state index contributed by atoms with van der Waals surface area (Å²) in [4.78, 5) is 0. The van der Waals surface area contributed by atoms with E-state index in [4.69, 9.17) is 5.84 Å². The molecule has 0 saturated carbocycles. The summed E-state index contributed by atoms with van der Waals surface area (Å²) in [5.74, 6) is 5.03. The van der Waals surface area contributed by atoms with Crippen LogP contribution in [0.2, 0.25) is 0 Å². The highest BCUT2D eigenvalue weighted by Gasteiger charge is 2.32. The van der Waals surface area contributed by atoms with Crippen molar-refractivity contribution in [2.75, 3.05) is 5.43 Å². The summed E-state index contributed by atoms with van der Waals surface area (Å²) in [6.45, 7) is 0. The summed E-state index contributed by atoms with van der Waals surface area (Å²) in [6.07, 6.45) is -4.72. The van der Waals surface area contributed by atoms with Crippen molar-refractivity contribution in [1.29, 1.82) is 0 Å². The van der Waals surface area contributed by atoms with Crippen molar-refractivity contribution in [2.45, 2.75) is 6.36 Å². The maximum Gasteiger partial charge on any atom is 0.573 e. The monoisotopic (exact) mass is 304 g/mol. The lowest BCUT2D eigenvalue weighted by Gasteiger charge is -2.13. The molecule has 0 aliphatic heterocycles. The Morgan fingerprint density at radius 2 is 1.70 bits per heavy atom. The van der Waals surface area contributed by atoms with Gasteiger partial charge in [0.15, 0.2) is 0 Å². The van der Waals surface area contributed by atoms with Crippen molar-refractivity contribution in [3.05, 3.63) is 48.5 Å². The zero-order valence-corrected chi connectivity index (χ0v) is 11.0. The van der Waals surface area contributed by atoms with Gasteiger partial charge in [0.2, 0.25) is 0 Å². The first-order chi connectivity index (χ1) is 8.99. The van der Waals surface area contributed by atoms with Gasteiger partial charge < -0.3 is 10.2 Å². The molecule has 0 atom stereocenters. The second kappa shape index (κ2) is 6.49. The molecule has 2 aromatic carbocycles. The van der Waals surface area contributed by atoms with E-state index in [1.807, 2.05) is 0 Å². The third-order valence-electron chi connectivity index (χ3n) is 2.45. The Kier molecular flexibility index (Phi) is 5.24. The molecule has 0 heterocycles. The zero-order valence-electron chi connectivity index (χ0n) is 10.1. The average molecular weight is 305 g/mol. The van der Waals surface area contributed by atoms with Crippen molar-refractivity contribution in [2.24, 2.45) is 5.84 Å². The molecule has 0 bridgehead atoms. The van der Waals surface area contributed by atoms with Gasteiger partial charge in [-0.1, -0.05) is 30.3 Å². The third kappa shape index (κ3) is 4.04. The molecule has 0 amide bonds. The van der Waals surface area contributed by atoms with Crippen molar-refractivity contribution < 1.29 is 17.9 Å². The Labute approximate surface area is 119 Å². The van der Waals surface area contributed by atoms with Gasteiger partial charge in [-0.05, 0) is 23.8 Å². The van der Waals surface area contributed by atoms with Gasteiger partial charge in [-0.3, -0.25) is 5.84 Å². The Morgan fingerprint density at radius 1 is 1.00 bits per heavy atom. The van der Waals surface area contributed by atoms with Crippen LogP contribution >= 0.6 is 12.4 Å². The van der Waals surface area contributed by atoms with Crippen LogP contribution in [0.25, 0.3) is 11.1 Å². The van der Waals surface area contributed by atoms with Gasteiger partial charge in [0, 0.05) is 11.3 Å². The van der Waals surface area contributed by atoms with E-state index in [0.29, 0.717) is 16.8 Å². The van der Waals surface area contributed by atoms with E-state index in [2.05, 4.69) is 10.2 Å². The van der Waals surface area contributed by atoms with Gasteiger partial charge >= 0.3 is 6.36 Å². The second-order valence-electron chi connectivity index (χ2n) is 3.77. The molecular weight excluding hydrogens is 293 g/mol. The summed E-state index contributed by atoms with van der Waals surface area (Å²) in [7, 11) is 0. The van der Waals surface area contributed by atoms with E-state index < -0.39 is 6.36 Å². The van der Waals surface area contributed by atoms with E-state index in [1.54, 1.807) is 36.4 Å². The van der Waals surface area contributed by atoms with Crippen LogP contribution < -0.4 is 16.0 Å². The number of alkyl halides is 3. The van der Waals surface area contributed by atoms with Gasteiger partial charge in [-0.25, -0.2) is 0 Å². The van der Waals surface area contributed by atoms with Gasteiger partial charge in [0.05, 0.1) is 0 Å². The standard InChI is InChI=1S/C13H11F3N2O.ClH/c14-13(15,16)19-12-7-2-1-6-11(12)9-4-3-5-10(8-9)18-17;/h1-8,18H,17H2;1H. The van der Waals surface area contributed by atoms with E-state index >= 15 is 0 Å². The predicted octanol–water partition coefficient (Wildman–Crippen LogP) is 3.96. The second-order valence-corrected chi connectivity index (χ2v) is 3.77. The Bertz CT molecular complexity index is 576. The topological polar surface area (TPSA) is 47.3 Å². The third-order valence-corrected chi connectivity index (χ3v) is 2.45. The van der Waals surface area contributed by atoms with Crippen LogP contribution in [0.3, 0.4) is 0 Å². The first kappa shape index (κ1) is 16.1. The summed E-state index contributed by atoms with van der Waals surface area (Å²) in [5.41, 5.74) is 3.96. The van der Waals surface area contributed by atoms with Gasteiger partial charge in [0.25, 0.3) is 0 Å². The fourth-order valence-electron chi connectivity index (χ4n) is 1.70. The first-order valence-corrected chi connectivity index (χ1v) is 5.41. The van der Waals surface area contributed by atoms with Crippen LogP contribution in [-0.4, -0.2) is 6.36 Å². The first-order valence-electron chi connectivity index (χ1n) is 5.41. The number of para-hydroxylation sites is 1. The molecule has 0 aliphatic rings. The van der Waals surface area contributed by atoms with Crippen molar-refractivity contribution >= 4 is 18.1 Å². The van der Waals surface area contributed by atoms with Gasteiger partial charge in [0.1, 0.15) is 5.75 Å². The molecule has 3 nitrogen and oxygen atoms in total. The summed E-state index contributed by atoms with van der Waals surface area (Å²) < 4.78 is 41.0. The molecular formula is C13H12ClF3N2O. The molecule has 0 aliphatic carbocycles. The van der Waals surface area contributed by atoms with Crippen LogP contribution in [0.15, 0.2) is 48.5 Å². The Balaban J connectivity index is 0.00000200. The number of rotatable bonds is 3. The largest absolute Gasteiger partial charge is 0.573 e. The maximum atomic E-state index is 12.3. The predicted molar refractivity (Wildman–Crippen MR) is 73.6 cm³/mol. The number of hydrogen-bond donors (Lipinski definition) is 2. The van der Waals surface area contributed by atoms with E-state index in [-0.39, 0.29) is 18.2 Å². The number of hydrogen-bond acceptors (Lipinski definition) is 3. The summed E-state index contributed by atoms with van der Waals surface area (Å²) in [5, 5.41) is 0. The van der Waals surface area contributed by atoms with Crippen molar-refractivity contribution in [3.63, 3.8) is 0 Å². The van der Waals surface area contributed by atoms with E-state index in [1.165, 1.54) is 12.1 Å². The zero-order chi connectivity index (χ0) is 13.9. The average Bonchev–Trinajstić information content (AvgIpc) is 2.37. The molecule has 0 aromatic heterocycles. The normalized spacial score (nSPS) is 10.6. The molecule has 0 fully saturated rings. The molecule has 2 rings (SSSR count). The number of benzene rings is 2. The lowest BCUT2D eigenvalue weighted by Crippen LogP contribution is -2.17. The lowest BCUT2D eigenvalue weighted by molar-refractivity contribution is -0.274. The highest BCUT2D eigenvalue weighted by atomic mass is 35.5. The van der Waals surface area contributed by atoms with Crippen LogP contribution in [0.4, 0.5) is 18.9 Å². The van der Waals surface area contributed by atoms with Gasteiger partial charge in [-0.15, -0.1) is 25.6 Å². The Hall–Kier alpha value is -1.92. The van der Waals surface area contributed by atoms with Gasteiger partial charge in [-0.2, -0.15) is 0 Å². The number of nitrogens with one attached hydrogen (secondary N) is 1. The number of nitrogens with two attached hydrogens (primary N) is 1. The molecule has 108 valence electrons. The van der Waals surface area contributed by atoms with E-state index in [0.717, 1.165) is 0 Å². The molecule has 20 heavy (non-hydrogen) atoms. The Morgan fingerprint density at radius 3 is 2.35 bits per heavy atom. The highest BCUT2D eigenvalue weighted by Crippen LogP contribution is 2.34. The van der Waals surface area contributed by atoms with E-state index in [9.17, 15) is 13.2 Å². The number of halogens is 4.